The largest absolute Gasteiger partial charge is 0.352 e. The molecule has 0 spiro atoms. The number of aromatic nitrogens is 2. The summed E-state index contributed by atoms with van der Waals surface area (Å²) < 4.78 is 1.58. The molecule has 3 aromatic carbocycles. The highest BCUT2D eigenvalue weighted by Gasteiger charge is 2.18. The Morgan fingerprint density at radius 1 is 0.806 bits per heavy atom. The molecule has 0 aliphatic carbocycles. The average molecular weight is 474 g/mol. The standard InChI is InChI=1S/C31H27N3O2/c35-30(33-20-18-27(24-13-6-2-7-14-24)25-15-8-3-9-16-25)28-21-26-17-10-19-32-29(26)34(31(28)36)22-23-11-4-1-5-12-23/h1-17,19,21,27H,18,20,22H2,(H,33,35). The van der Waals surface area contributed by atoms with Crippen molar-refractivity contribution in [3.05, 3.63) is 148 Å². The summed E-state index contributed by atoms with van der Waals surface area (Å²) in [4.78, 5) is 31.1. The van der Waals surface area contributed by atoms with Gasteiger partial charge in [0, 0.05) is 24.0 Å². The first-order valence-corrected chi connectivity index (χ1v) is 12.1. The molecule has 0 radical (unpaired) electrons. The summed E-state index contributed by atoms with van der Waals surface area (Å²) in [5.74, 6) is -0.226. The third-order valence-electron chi connectivity index (χ3n) is 6.40. The Balaban J connectivity index is 1.39. The van der Waals surface area contributed by atoms with E-state index in [0.717, 1.165) is 10.9 Å². The second-order valence-electron chi connectivity index (χ2n) is 8.77. The monoisotopic (exact) mass is 473 g/mol. The lowest BCUT2D eigenvalue weighted by atomic mass is 9.88. The molecule has 0 saturated heterocycles. The van der Waals surface area contributed by atoms with Crippen LogP contribution in [0.5, 0.6) is 0 Å². The zero-order valence-electron chi connectivity index (χ0n) is 19.9. The zero-order chi connectivity index (χ0) is 24.7. The van der Waals surface area contributed by atoms with Crippen molar-refractivity contribution in [2.75, 3.05) is 6.54 Å². The number of benzene rings is 3. The van der Waals surface area contributed by atoms with Crippen LogP contribution in [0, 0.1) is 0 Å². The van der Waals surface area contributed by atoms with E-state index in [-0.39, 0.29) is 22.9 Å². The zero-order valence-corrected chi connectivity index (χ0v) is 19.9. The van der Waals surface area contributed by atoms with Gasteiger partial charge in [0.2, 0.25) is 0 Å². The molecular formula is C31H27N3O2. The van der Waals surface area contributed by atoms with Crippen LogP contribution in [0.1, 0.15) is 39.4 Å². The summed E-state index contributed by atoms with van der Waals surface area (Å²) in [5.41, 5.74) is 3.71. The predicted molar refractivity (Wildman–Crippen MR) is 143 cm³/mol. The van der Waals surface area contributed by atoms with Crippen LogP contribution in [0.3, 0.4) is 0 Å². The van der Waals surface area contributed by atoms with Crippen LogP contribution in [0.25, 0.3) is 11.0 Å². The van der Waals surface area contributed by atoms with Gasteiger partial charge in [-0.25, -0.2) is 4.98 Å². The van der Waals surface area contributed by atoms with Crippen molar-refractivity contribution in [3.8, 4) is 0 Å². The quantitative estimate of drug-likeness (QED) is 0.328. The molecule has 5 nitrogen and oxygen atoms in total. The topological polar surface area (TPSA) is 64.0 Å². The van der Waals surface area contributed by atoms with E-state index in [9.17, 15) is 9.59 Å². The van der Waals surface area contributed by atoms with Gasteiger partial charge in [0.15, 0.2) is 0 Å². The second-order valence-corrected chi connectivity index (χ2v) is 8.77. The van der Waals surface area contributed by atoms with E-state index >= 15 is 0 Å². The van der Waals surface area contributed by atoms with E-state index < -0.39 is 0 Å². The van der Waals surface area contributed by atoms with Gasteiger partial charge in [-0.2, -0.15) is 0 Å². The van der Waals surface area contributed by atoms with Gasteiger partial charge in [-0.1, -0.05) is 91.0 Å². The molecule has 1 N–H and O–H groups in total. The van der Waals surface area contributed by atoms with Crippen molar-refractivity contribution in [1.29, 1.82) is 0 Å². The SMILES string of the molecule is O=C(NCCC(c1ccccc1)c1ccccc1)c1cc2cccnc2n(Cc2ccccc2)c1=O. The fourth-order valence-electron chi connectivity index (χ4n) is 4.60. The molecule has 0 aliphatic heterocycles. The number of nitrogens with zero attached hydrogens (tertiary/aromatic N) is 2. The number of amides is 1. The average Bonchev–Trinajstić information content (AvgIpc) is 2.94. The smallest absolute Gasteiger partial charge is 0.265 e. The van der Waals surface area contributed by atoms with Gasteiger partial charge in [-0.3, -0.25) is 14.2 Å². The highest BCUT2D eigenvalue weighted by molar-refractivity contribution is 5.96. The molecule has 0 saturated carbocycles. The Morgan fingerprint density at radius 2 is 1.42 bits per heavy atom. The number of pyridine rings is 2. The molecular weight excluding hydrogens is 446 g/mol. The van der Waals surface area contributed by atoms with Gasteiger partial charge < -0.3 is 5.32 Å². The van der Waals surface area contributed by atoms with E-state index in [1.807, 2.05) is 78.9 Å². The highest BCUT2D eigenvalue weighted by atomic mass is 16.2. The first-order valence-electron chi connectivity index (χ1n) is 12.1. The van der Waals surface area contributed by atoms with Crippen LogP contribution in [0.15, 0.2) is 120 Å². The molecule has 5 rings (SSSR count). The number of hydrogen-bond acceptors (Lipinski definition) is 3. The van der Waals surface area contributed by atoms with Crippen molar-refractivity contribution in [1.82, 2.24) is 14.9 Å². The van der Waals surface area contributed by atoms with Crippen molar-refractivity contribution in [2.45, 2.75) is 18.9 Å². The minimum absolute atomic E-state index is 0.127. The first-order chi connectivity index (χ1) is 17.7. The summed E-state index contributed by atoms with van der Waals surface area (Å²) in [7, 11) is 0. The Kier molecular flexibility index (Phi) is 6.99. The predicted octanol–water partition coefficient (Wildman–Crippen LogP) is 5.40. The molecule has 178 valence electrons. The molecule has 1 amide bonds. The normalized spacial score (nSPS) is 11.0. The second kappa shape index (κ2) is 10.8. The molecule has 0 aliphatic rings. The number of carbonyl (C=O) groups excluding carboxylic acids is 1. The number of fused-ring (bicyclic) bond motifs is 1. The van der Waals surface area contributed by atoms with Crippen molar-refractivity contribution in [2.24, 2.45) is 0 Å². The third kappa shape index (κ3) is 5.10. The van der Waals surface area contributed by atoms with E-state index in [1.165, 1.54) is 11.1 Å². The molecule has 36 heavy (non-hydrogen) atoms. The molecule has 0 unspecified atom stereocenters. The lowest BCUT2D eigenvalue weighted by molar-refractivity contribution is 0.0951. The molecule has 2 heterocycles. The summed E-state index contributed by atoms with van der Waals surface area (Å²) in [6.45, 7) is 0.787. The third-order valence-corrected chi connectivity index (χ3v) is 6.40. The first kappa shape index (κ1) is 23.2. The van der Waals surface area contributed by atoms with Crippen LogP contribution in [0.2, 0.25) is 0 Å². The number of hydrogen-bond donors (Lipinski definition) is 1. The highest BCUT2D eigenvalue weighted by Crippen LogP contribution is 2.27. The van der Waals surface area contributed by atoms with Crippen LogP contribution >= 0.6 is 0 Å². The molecule has 0 bridgehead atoms. The Bertz CT molecular complexity index is 1470. The molecule has 5 heteroatoms. The van der Waals surface area contributed by atoms with Crippen LogP contribution in [0.4, 0.5) is 0 Å². The summed E-state index contributed by atoms with van der Waals surface area (Å²) in [6.07, 6.45) is 2.38. The van der Waals surface area contributed by atoms with E-state index in [0.29, 0.717) is 25.2 Å². The Labute approximate surface area is 210 Å². The maximum atomic E-state index is 13.4. The van der Waals surface area contributed by atoms with Gasteiger partial charge >= 0.3 is 0 Å². The van der Waals surface area contributed by atoms with Gasteiger partial charge in [-0.05, 0) is 41.3 Å². The lowest BCUT2D eigenvalue weighted by Crippen LogP contribution is -2.34. The Hall–Kier alpha value is -4.51. The number of carbonyl (C=O) groups is 1. The van der Waals surface area contributed by atoms with Crippen molar-refractivity contribution >= 4 is 16.9 Å². The van der Waals surface area contributed by atoms with E-state index in [2.05, 4.69) is 34.6 Å². The van der Waals surface area contributed by atoms with Gasteiger partial charge in [-0.15, -0.1) is 0 Å². The maximum Gasteiger partial charge on any atom is 0.265 e. The lowest BCUT2D eigenvalue weighted by Gasteiger charge is -2.18. The molecule has 0 fully saturated rings. The minimum atomic E-state index is -0.368. The van der Waals surface area contributed by atoms with Crippen LogP contribution in [-0.2, 0) is 6.54 Å². The maximum absolute atomic E-state index is 13.4. The van der Waals surface area contributed by atoms with E-state index in [1.54, 1.807) is 16.8 Å². The summed E-state index contributed by atoms with van der Waals surface area (Å²) in [6, 6.07) is 35.6. The van der Waals surface area contributed by atoms with Gasteiger partial charge in [0.1, 0.15) is 11.2 Å². The fourth-order valence-corrected chi connectivity index (χ4v) is 4.60. The van der Waals surface area contributed by atoms with Gasteiger partial charge in [0.05, 0.1) is 6.54 Å². The molecule has 2 aromatic heterocycles. The van der Waals surface area contributed by atoms with Crippen LogP contribution < -0.4 is 10.9 Å². The Morgan fingerprint density at radius 3 is 2.06 bits per heavy atom. The minimum Gasteiger partial charge on any atom is -0.352 e. The molecule has 0 atom stereocenters. The number of nitrogens with one attached hydrogen (secondary N) is 1. The fraction of sp³-hybridized carbons (Fsp3) is 0.129. The number of rotatable bonds is 8. The summed E-state index contributed by atoms with van der Waals surface area (Å²) >= 11 is 0. The molecule has 5 aromatic rings. The van der Waals surface area contributed by atoms with E-state index in [4.69, 9.17) is 0 Å². The van der Waals surface area contributed by atoms with Crippen molar-refractivity contribution < 1.29 is 4.79 Å². The summed E-state index contributed by atoms with van der Waals surface area (Å²) in [5, 5.41) is 3.75. The van der Waals surface area contributed by atoms with Crippen molar-refractivity contribution in [3.63, 3.8) is 0 Å². The van der Waals surface area contributed by atoms with Crippen LogP contribution in [-0.4, -0.2) is 22.0 Å². The van der Waals surface area contributed by atoms with Gasteiger partial charge in [0.25, 0.3) is 11.5 Å².